The van der Waals surface area contributed by atoms with E-state index in [1.54, 1.807) is 0 Å². The SMILES string of the molecule is CCc1nc2ccccc2n1CC(=O)NCCC#N. The van der Waals surface area contributed by atoms with Gasteiger partial charge in [0.25, 0.3) is 0 Å². The summed E-state index contributed by atoms with van der Waals surface area (Å²) in [6.07, 6.45) is 1.11. The highest BCUT2D eigenvalue weighted by atomic mass is 16.1. The highest BCUT2D eigenvalue weighted by Crippen LogP contribution is 2.16. The van der Waals surface area contributed by atoms with Crippen LogP contribution in [0.1, 0.15) is 19.2 Å². The van der Waals surface area contributed by atoms with Crippen LogP contribution in [0, 0.1) is 11.3 Å². The number of hydrogen-bond donors (Lipinski definition) is 1. The maximum absolute atomic E-state index is 11.8. The maximum atomic E-state index is 11.8. The van der Waals surface area contributed by atoms with Crippen LogP contribution in [-0.2, 0) is 17.8 Å². The van der Waals surface area contributed by atoms with Crippen molar-refractivity contribution in [1.29, 1.82) is 5.26 Å². The van der Waals surface area contributed by atoms with Gasteiger partial charge < -0.3 is 9.88 Å². The highest BCUT2D eigenvalue weighted by molar-refractivity contribution is 5.81. The van der Waals surface area contributed by atoms with E-state index in [2.05, 4.69) is 10.3 Å². The summed E-state index contributed by atoms with van der Waals surface area (Å²) in [6.45, 7) is 2.66. The van der Waals surface area contributed by atoms with Gasteiger partial charge in [-0.3, -0.25) is 4.79 Å². The predicted octanol–water partition coefficient (Wildman–Crippen LogP) is 1.63. The molecule has 1 N–H and O–H groups in total. The number of amides is 1. The van der Waals surface area contributed by atoms with Crippen molar-refractivity contribution in [2.45, 2.75) is 26.3 Å². The number of benzene rings is 1. The molecule has 2 aromatic rings. The van der Waals surface area contributed by atoms with Crippen LogP contribution in [0.4, 0.5) is 0 Å². The van der Waals surface area contributed by atoms with Crippen LogP contribution >= 0.6 is 0 Å². The maximum Gasteiger partial charge on any atom is 0.240 e. The van der Waals surface area contributed by atoms with Gasteiger partial charge in [-0.2, -0.15) is 5.26 Å². The van der Waals surface area contributed by atoms with Crippen molar-refractivity contribution >= 4 is 16.9 Å². The van der Waals surface area contributed by atoms with Gasteiger partial charge in [-0.25, -0.2) is 4.98 Å². The van der Waals surface area contributed by atoms with Gasteiger partial charge >= 0.3 is 0 Å². The number of nitrogens with one attached hydrogen (secondary N) is 1. The zero-order valence-corrected chi connectivity index (χ0v) is 10.9. The van der Waals surface area contributed by atoms with Gasteiger partial charge in [-0.15, -0.1) is 0 Å². The topological polar surface area (TPSA) is 70.7 Å². The standard InChI is InChI=1S/C14H16N4O/c1-2-13-17-11-6-3-4-7-12(11)18(13)10-14(19)16-9-5-8-15/h3-4,6-7H,2,5,9-10H2,1H3,(H,16,19). The molecule has 5 heteroatoms. The van der Waals surface area contributed by atoms with Gasteiger partial charge in [0, 0.05) is 13.0 Å². The Morgan fingerprint density at radius 3 is 3.00 bits per heavy atom. The fraction of sp³-hybridized carbons (Fsp3) is 0.357. The monoisotopic (exact) mass is 256 g/mol. The van der Waals surface area contributed by atoms with Crippen molar-refractivity contribution in [2.75, 3.05) is 6.54 Å². The van der Waals surface area contributed by atoms with Crippen LogP contribution < -0.4 is 5.32 Å². The summed E-state index contributed by atoms with van der Waals surface area (Å²) in [5, 5.41) is 11.2. The number of fused-ring (bicyclic) bond motifs is 1. The summed E-state index contributed by atoms with van der Waals surface area (Å²) >= 11 is 0. The summed E-state index contributed by atoms with van der Waals surface area (Å²) < 4.78 is 1.93. The first-order valence-corrected chi connectivity index (χ1v) is 6.34. The minimum absolute atomic E-state index is 0.0897. The van der Waals surface area contributed by atoms with Gasteiger partial charge in [0.15, 0.2) is 0 Å². The van der Waals surface area contributed by atoms with E-state index in [1.165, 1.54) is 0 Å². The molecule has 0 aliphatic carbocycles. The van der Waals surface area contributed by atoms with E-state index in [4.69, 9.17) is 5.26 Å². The summed E-state index contributed by atoms with van der Waals surface area (Å²) in [6, 6.07) is 9.78. The zero-order chi connectivity index (χ0) is 13.7. The van der Waals surface area contributed by atoms with Crippen molar-refractivity contribution in [3.05, 3.63) is 30.1 Å². The Labute approximate surface area is 111 Å². The second kappa shape index (κ2) is 6.01. The van der Waals surface area contributed by atoms with Gasteiger partial charge in [0.2, 0.25) is 5.91 Å². The Balaban J connectivity index is 2.19. The Hall–Kier alpha value is -2.35. The fourth-order valence-corrected chi connectivity index (χ4v) is 2.03. The molecule has 0 spiro atoms. The fourth-order valence-electron chi connectivity index (χ4n) is 2.03. The summed E-state index contributed by atoms with van der Waals surface area (Å²) in [5.41, 5.74) is 1.87. The van der Waals surface area contributed by atoms with Crippen molar-refractivity contribution < 1.29 is 4.79 Å². The third kappa shape index (κ3) is 2.91. The molecule has 1 amide bonds. The first-order valence-electron chi connectivity index (χ1n) is 6.34. The molecule has 2 rings (SSSR count). The molecule has 0 fully saturated rings. The molecule has 98 valence electrons. The van der Waals surface area contributed by atoms with E-state index >= 15 is 0 Å². The third-order valence-corrected chi connectivity index (χ3v) is 2.91. The molecule has 0 saturated carbocycles. The van der Waals surface area contributed by atoms with Crippen LogP contribution in [0.2, 0.25) is 0 Å². The summed E-state index contributed by atoms with van der Waals surface area (Å²) in [5.74, 6) is 0.810. The quantitative estimate of drug-likeness (QED) is 0.826. The number of nitrogens with zero attached hydrogens (tertiary/aromatic N) is 3. The molecule has 1 aromatic carbocycles. The summed E-state index contributed by atoms with van der Waals surface area (Å²) in [4.78, 5) is 16.3. The zero-order valence-electron chi connectivity index (χ0n) is 10.9. The van der Waals surface area contributed by atoms with Crippen molar-refractivity contribution in [3.63, 3.8) is 0 Å². The largest absolute Gasteiger partial charge is 0.354 e. The molecular formula is C14H16N4O. The number of aryl methyl sites for hydroxylation is 1. The first kappa shape index (κ1) is 13.1. The van der Waals surface area contributed by atoms with Crippen LogP contribution in [-0.4, -0.2) is 22.0 Å². The molecule has 0 saturated heterocycles. The molecule has 5 nitrogen and oxygen atoms in total. The number of imidazole rings is 1. The second-order valence-electron chi connectivity index (χ2n) is 4.21. The average molecular weight is 256 g/mol. The summed E-state index contributed by atoms with van der Waals surface area (Å²) in [7, 11) is 0. The number of carbonyl (C=O) groups excluding carboxylic acids is 1. The number of rotatable bonds is 5. The van der Waals surface area contributed by atoms with E-state index in [0.29, 0.717) is 13.0 Å². The van der Waals surface area contributed by atoms with E-state index in [1.807, 2.05) is 41.8 Å². The molecule has 0 aliphatic heterocycles. The Morgan fingerprint density at radius 2 is 2.26 bits per heavy atom. The number of para-hydroxylation sites is 2. The molecule has 0 bridgehead atoms. The van der Waals surface area contributed by atoms with E-state index in [-0.39, 0.29) is 12.5 Å². The van der Waals surface area contributed by atoms with Crippen LogP contribution in [0.5, 0.6) is 0 Å². The Morgan fingerprint density at radius 1 is 1.47 bits per heavy atom. The average Bonchev–Trinajstić information content (AvgIpc) is 2.77. The van der Waals surface area contributed by atoms with Crippen molar-refractivity contribution in [1.82, 2.24) is 14.9 Å². The van der Waals surface area contributed by atoms with Gasteiger partial charge in [-0.05, 0) is 12.1 Å². The lowest BCUT2D eigenvalue weighted by Crippen LogP contribution is -2.28. The van der Waals surface area contributed by atoms with Crippen LogP contribution in [0.3, 0.4) is 0 Å². The number of aromatic nitrogens is 2. The first-order chi connectivity index (χ1) is 9.26. The lowest BCUT2D eigenvalue weighted by atomic mass is 10.3. The molecule has 0 unspecified atom stereocenters. The minimum atomic E-state index is -0.0897. The van der Waals surface area contributed by atoms with Gasteiger partial charge in [0.1, 0.15) is 12.4 Å². The van der Waals surface area contributed by atoms with Crippen molar-refractivity contribution in [3.8, 4) is 6.07 Å². The molecule has 0 atom stereocenters. The normalized spacial score (nSPS) is 10.3. The number of carbonyl (C=O) groups is 1. The third-order valence-electron chi connectivity index (χ3n) is 2.91. The lowest BCUT2D eigenvalue weighted by molar-refractivity contribution is -0.121. The Kier molecular flexibility index (Phi) is 4.14. The molecule has 0 radical (unpaired) electrons. The Bertz CT molecular complexity index is 624. The number of nitriles is 1. The van der Waals surface area contributed by atoms with Gasteiger partial charge in [0.05, 0.1) is 23.5 Å². The minimum Gasteiger partial charge on any atom is -0.354 e. The highest BCUT2D eigenvalue weighted by Gasteiger charge is 2.11. The van der Waals surface area contributed by atoms with Crippen molar-refractivity contribution in [2.24, 2.45) is 0 Å². The predicted molar refractivity (Wildman–Crippen MR) is 72.4 cm³/mol. The lowest BCUT2D eigenvalue weighted by Gasteiger charge is -2.08. The van der Waals surface area contributed by atoms with E-state index in [9.17, 15) is 4.79 Å². The van der Waals surface area contributed by atoms with Crippen LogP contribution in [0.25, 0.3) is 11.0 Å². The molecule has 0 aliphatic rings. The molecular weight excluding hydrogens is 240 g/mol. The number of hydrogen-bond acceptors (Lipinski definition) is 3. The van der Waals surface area contributed by atoms with Crippen LogP contribution in [0.15, 0.2) is 24.3 Å². The van der Waals surface area contributed by atoms with E-state index < -0.39 is 0 Å². The van der Waals surface area contributed by atoms with E-state index in [0.717, 1.165) is 23.3 Å². The second-order valence-corrected chi connectivity index (χ2v) is 4.21. The smallest absolute Gasteiger partial charge is 0.240 e. The molecule has 19 heavy (non-hydrogen) atoms. The van der Waals surface area contributed by atoms with Gasteiger partial charge in [-0.1, -0.05) is 19.1 Å². The molecule has 1 aromatic heterocycles. The molecule has 1 heterocycles.